The summed E-state index contributed by atoms with van der Waals surface area (Å²) in [6.45, 7) is 11.8. The number of hydrogen-bond donors (Lipinski definition) is 0. The maximum atomic E-state index is 14.1. The van der Waals surface area contributed by atoms with Crippen LogP contribution in [0.4, 0.5) is 0 Å². The SMILES string of the molecule is C=CC(=O)OCCOC(=O)CCC(=O)OCCc1ccc(OC(=O)C2CCC(C(=O)Oc3cc(C(C)(C)C)c(OC(=O)C4CCC(C(=O)Oc5ccc(CCOC(=O)CCC(=O)OCCOC(=O)C=C)cc5)CC4)c4c3SC(=C(C#N)C#N)S4)CC2)cc1. The van der Waals surface area contributed by atoms with Gasteiger partial charge < -0.3 is 47.4 Å². The Hall–Kier alpha value is -8.74. The number of nitriles is 2. The number of carbonyl (C=O) groups is 10. The van der Waals surface area contributed by atoms with Crippen LogP contribution in [0.1, 0.15) is 115 Å². The highest BCUT2D eigenvalue weighted by Crippen LogP contribution is 2.61. The van der Waals surface area contributed by atoms with Crippen molar-refractivity contribution in [2.75, 3.05) is 39.6 Å². The third kappa shape index (κ3) is 21.3. The number of fused-ring (bicyclic) bond motifs is 1. The van der Waals surface area contributed by atoms with Crippen LogP contribution in [0, 0.1) is 46.3 Å². The zero-order chi connectivity index (χ0) is 63.8. The lowest BCUT2D eigenvalue weighted by atomic mass is 9.82. The van der Waals surface area contributed by atoms with E-state index in [2.05, 4.69) is 13.2 Å². The van der Waals surface area contributed by atoms with Gasteiger partial charge in [-0.1, -0.05) is 81.7 Å². The average Bonchev–Trinajstić information content (AvgIpc) is 1.64. The normalized spacial score (nSPS) is 16.7. The minimum Gasteiger partial charge on any atom is -0.465 e. The van der Waals surface area contributed by atoms with Gasteiger partial charge in [0.05, 0.1) is 76.6 Å². The number of rotatable bonds is 28. The number of nitrogens with zero attached hydrogens (tertiary/aromatic N) is 2. The molecule has 2 saturated carbocycles. The molecule has 0 spiro atoms. The summed E-state index contributed by atoms with van der Waals surface area (Å²) in [6.07, 6.45) is 4.65. The molecule has 3 aromatic carbocycles. The van der Waals surface area contributed by atoms with Gasteiger partial charge in [0.15, 0.2) is 0 Å². The molecule has 0 amide bonds. The number of benzene rings is 3. The van der Waals surface area contributed by atoms with Crippen LogP contribution in [-0.2, 0) is 94.6 Å². The van der Waals surface area contributed by atoms with Gasteiger partial charge in [0.25, 0.3) is 0 Å². The quantitative estimate of drug-likeness (QED) is 0.0163. The third-order valence-corrected chi connectivity index (χ3v) is 16.8. The van der Waals surface area contributed by atoms with E-state index in [0.717, 1.165) is 46.8 Å². The first-order valence-electron chi connectivity index (χ1n) is 28.6. The second-order valence-corrected chi connectivity index (χ2v) is 23.7. The van der Waals surface area contributed by atoms with Crippen molar-refractivity contribution in [1.29, 1.82) is 10.5 Å². The first-order chi connectivity index (χ1) is 42.2. The summed E-state index contributed by atoms with van der Waals surface area (Å²) in [6, 6.07) is 19.0. The van der Waals surface area contributed by atoms with Gasteiger partial charge in [-0.2, -0.15) is 10.5 Å². The van der Waals surface area contributed by atoms with E-state index in [4.69, 9.17) is 47.4 Å². The van der Waals surface area contributed by atoms with Crippen molar-refractivity contribution in [3.63, 3.8) is 0 Å². The van der Waals surface area contributed by atoms with Gasteiger partial charge in [0.2, 0.25) is 0 Å². The van der Waals surface area contributed by atoms with E-state index in [-0.39, 0.29) is 82.4 Å². The second-order valence-electron chi connectivity index (χ2n) is 21.4. The topological polar surface area (TPSA) is 311 Å². The summed E-state index contributed by atoms with van der Waals surface area (Å²) >= 11 is 2.14. The number of esters is 10. The summed E-state index contributed by atoms with van der Waals surface area (Å²) in [7, 11) is 0. The predicted molar refractivity (Wildman–Crippen MR) is 313 cm³/mol. The Kier molecular flexibility index (Phi) is 26.4. The fourth-order valence-electron chi connectivity index (χ4n) is 9.28. The number of carbonyl (C=O) groups excluding carboxylic acids is 10. The van der Waals surface area contributed by atoms with E-state index < -0.39 is 88.8 Å². The van der Waals surface area contributed by atoms with Crippen molar-refractivity contribution >= 4 is 83.2 Å². The molecular formula is C64H68N2O20S2. The third-order valence-electron chi connectivity index (χ3n) is 14.2. The molecule has 3 aromatic rings. The highest BCUT2D eigenvalue weighted by molar-refractivity contribution is 8.24. The standard InChI is InChI=1S/C64H68N2O20S2/c1-6-50(67)79-32-34-81-54(71)26-24-52(69)77-30-28-39-8-20-46(21-9-39)83-59(73)41-12-16-43(17-13-41)61(75)85-49-36-48(64(3,4)5)56(58-57(49)87-63(88-58)45(37-65)38-66)86-62(76)44-18-14-42(15-19-44)60(74)84-47-22-10-40(11-23-47)29-31-78-53(70)25-27-55(72)82-35-33-80-51(68)7-2/h6-11,20-23,36,41-44H,1-2,12-19,24-35H2,3-5H3. The highest BCUT2D eigenvalue weighted by Gasteiger charge is 2.39. The monoisotopic (exact) mass is 1250 g/mol. The largest absolute Gasteiger partial charge is 0.465 e. The van der Waals surface area contributed by atoms with Crippen molar-refractivity contribution in [1.82, 2.24) is 0 Å². The van der Waals surface area contributed by atoms with Gasteiger partial charge in [-0.25, -0.2) is 9.59 Å². The molecule has 88 heavy (non-hydrogen) atoms. The zero-order valence-corrected chi connectivity index (χ0v) is 50.7. The van der Waals surface area contributed by atoms with E-state index in [1.165, 1.54) is 0 Å². The van der Waals surface area contributed by atoms with Gasteiger partial charge in [-0.3, -0.25) is 38.4 Å². The molecule has 466 valence electrons. The lowest BCUT2D eigenvalue weighted by Gasteiger charge is -2.29. The van der Waals surface area contributed by atoms with Crippen molar-refractivity contribution in [2.45, 2.75) is 126 Å². The molecule has 0 bridgehead atoms. The summed E-state index contributed by atoms with van der Waals surface area (Å²) < 4.78 is 53.9. The molecule has 6 rings (SSSR count). The summed E-state index contributed by atoms with van der Waals surface area (Å²) in [4.78, 5) is 126. The summed E-state index contributed by atoms with van der Waals surface area (Å²) in [5.74, 6) is -6.80. The van der Waals surface area contributed by atoms with Crippen LogP contribution in [-0.4, -0.2) is 99.3 Å². The maximum absolute atomic E-state index is 14.1. The Bertz CT molecular complexity index is 3190. The Labute approximate surface area is 517 Å². The molecule has 22 nitrogen and oxygen atoms in total. The van der Waals surface area contributed by atoms with Crippen LogP contribution >= 0.6 is 23.5 Å². The Balaban J connectivity index is 0.961. The number of hydrogen-bond acceptors (Lipinski definition) is 24. The fourth-order valence-corrected chi connectivity index (χ4v) is 11.8. The average molecular weight is 1250 g/mol. The molecule has 1 aliphatic heterocycles. The lowest BCUT2D eigenvalue weighted by Crippen LogP contribution is -2.31. The smallest absolute Gasteiger partial charge is 0.330 e. The molecule has 0 saturated heterocycles. The van der Waals surface area contributed by atoms with E-state index in [1.807, 2.05) is 32.9 Å². The fraction of sp³-hybridized carbons (Fsp3) is 0.438. The first-order valence-corrected chi connectivity index (χ1v) is 30.2. The van der Waals surface area contributed by atoms with Crippen LogP contribution in [0.15, 0.2) is 99.5 Å². The molecule has 0 radical (unpaired) electrons. The van der Waals surface area contributed by atoms with Crippen LogP contribution in [0.3, 0.4) is 0 Å². The minimum atomic E-state index is -0.682. The molecule has 0 N–H and O–H groups in total. The molecule has 3 aliphatic rings. The summed E-state index contributed by atoms with van der Waals surface area (Å²) in [5, 5.41) is 19.7. The van der Waals surface area contributed by atoms with Crippen LogP contribution in [0.25, 0.3) is 0 Å². The second kappa shape index (κ2) is 34.0. The maximum Gasteiger partial charge on any atom is 0.330 e. The predicted octanol–water partition coefficient (Wildman–Crippen LogP) is 9.35. The molecular weight excluding hydrogens is 1180 g/mol. The van der Waals surface area contributed by atoms with E-state index in [0.29, 0.717) is 95.3 Å². The first kappa shape index (κ1) is 68.4. The molecule has 0 unspecified atom stereocenters. The summed E-state index contributed by atoms with van der Waals surface area (Å²) in [5.41, 5.74) is 1.29. The van der Waals surface area contributed by atoms with Gasteiger partial charge >= 0.3 is 59.7 Å². The van der Waals surface area contributed by atoms with Crippen LogP contribution in [0.5, 0.6) is 23.0 Å². The van der Waals surface area contributed by atoms with Crippen molar-refractivity contribution < 1.29 is 95.3 Å². The van der Waals surface area contributed by atoms with Crippen LogP contribution < -0.4 is 18.9 Å². The Morgan fingerprint density at radius 3 is 1.19 bits per heavy atom. The van der Waals surface area contributed by atoms with E-state index >= 15 is 0 Å². The van der Waals surface area contributed by atoms with Gasteiger partial charge in [-0.05, 0) is 98.2 Å². The molecule has 2 aliphatic carbocycles. The Morgan fingerprint density at radius 2 is 0.830 bits per heavy atom. The highest BCUT2D eigenvalue weighted by atomic mass is 32.2. The number of allylic oxidation sites excluding steroid dienone is 1. The lowest BCUT2D eigenvalue weighted by molar-refractivity contribution is -0.152. The number of ether oxygens (including phenoxy) is 10. The van der Waals surface area contributed by atoms with E-state index in [1.54, 1.807) is 54.6 Å². The van der Waals surface area contributed by atoms with Gasteiger partial charge in [0.1, 0.15) is 67.1 Å². The number of thioether (sulfide) groups is 2. The molecule has 0 aromatic heterocycles. The van der Waals surface area contributed by atoms with Crippen molar-refractivity contribution in [3.05, 3.63) is 106 Å². The van der Waals surface area contributed by atoms with Gasteiger partial charge in [-0.15, -0.1) is 0 Å². The van der Waals surface area contributed by atoms with Crippen molar-refractivity contribution in [3.8, 4) is 35.1 Å². The van der Waals surface area contributed by atoms with Gasteiger partial charge in [0, 0.05) is 30.6 Å². The molecule has 2 fully saturated rings. The molecule has 1 heterocycles. The van der Waals surface area contributed by atoms with Crippen LogP contribution in [0.2, 0.25) is 0 Å². The Morgan fingerprint density at radius 1 is 0.489 bits per heavy atom. The molecule has 24 heteroatoms. The van der Waals surface area contributed by atoms with E-state index in [9.17, 15) is 58.5 Å². The molecule has 0 atom stereocenters. The zero-order valence-electron chi connectivity index (χ0n) is 49.1. The minimum absolute atomic E-state index is 0.0488. The van der Waals surface area contributed by atoms with Crippen molar-refractivity contribution in [2.24, 2.45) is 23.7 Å².